The van der Waals surface area contributed by atoms with Gasteiger partial charge < -0.3 is 10.3 Å². The summed E-state index contributed by atoms with van der Waals surface area (Å²) in [6, 6.07) is 16.1. The molecule has 0 radical (unpaired) electrons. The van der Waals surface area contributed by atoms with Crippen molar-refractivity contribution in [2.75, 3.05) is 5.32 Å². The maximum Gasteiger partial charge on any atom is 0.160 e. The van der Waals surface area contributed by atoms with Gasteiger partial charge in [-0.1, -0.05) is 48.0 Å². The molecule has 3 heterocycles. The molecule has 5 heteroatoms. The van der Waals surface area contributed by atoms with Gasteiger partial charge in [0.15, 0.2) is 5.65 Å². The number of fused-ring (bicyclic) bond motifs is 2. The first-order valence-corrected chi connectivity index (χ1v) is 8.14. The van der Waals surface area contributed by atoms with Gasteiger partial charge in [-0.3, -0.25) is 0 Å². The van der Waals surface area contributed by atoms with Crippen LogP contribution in [0.4, 0.5) is 5.69 Å². The average molecular weight is 333 g/mol. The van der Waals surface area contributed by atoms with Crippen molar-refractivity contribution >= 4 is 28.3 Å². The molecule has 116 valence electrons. The minimum absolute atomic E-state index is 0.0564. The van der Waals surface area contributed by atoms with Gasteiger partial charge in [-0.2, -0.15) is 5.10 Å². The Morgan fingerprint density at radius 1 is 0.917 bits per heavy atom. The van der Waals surface area contributed by atoms with Crippen LogP contribution in [0.3, 0.4) is 0 Å². The number of nitrogens with one attached hydrogen (secondary N) is 2. The molecule has 0 aliphatic carbocycles. The molecule has 2 N–H and O–H groups in total. The number of benzene rings is 2. The summed E-state index contributed by atoms with van der Waals surface area (Å²) in [5.41, 5.74) is 6.21. The molecule has 1 aliphatic heterocycles. The number of aromatic nitrogens is 3. The average Bonchev–Trinajstić information content (AvgIpc) is 2.98. The van der Waals surface area contributed by atoms with Gasteiger partial charge in [-0.15, -0.1) is 5.10 Å². The number of hydrogen-bond acceptors (Lipinski definition) is 3. The van der Waals surface area contributed by atoms with Crippen molar-refractivity contribution in [3.63, 3.8) is 0 Å². The first kappa shape index (κ1) is 13.6. The number of para-hydroxylation sites is 1. The molecule has 2 aromatic heterocycles. The lowest BCUT2D eigenvalue weighted by molar-refractivity contribution is 0.953. The summed E-state index contributed by atoms with van der Waals surface area (Å²) in [6.45, 7) is 0. The number of halogens is 1. The highest BCUT2D eigenvalue weighted by molar-refractivity contribution is 6.31. The van der Waals surface area contributed by atoms with Crippen LogP contribution >= 0.6 is 11.6 Å². The summed E-state index contributed by atoms with van der Waals surface area (Å²) in [5, 5.41) is 13.9. The monoisotopic (exact) mass is 332 g/mol. The van der Waals surface area contributed by atoms with Crippen molar-refractivity contribution in [3.8, 4) is 11.1 Å². The van der Waals surface area contributed by atoms with Crippen LogP contribution in [0.15, 0.2) is 60.9 Å². The van der Waals surface area contributed by atoms with Crippen LogP contribution in [0, 0.1) is 0 Å². The van der Waals surface area contributed by atoms with E-state index in [1.54, 1.807) is 0 Å². The highest BCUT2D eigenvalue weighted by Gasteiger charge is 2.27. The van der Waals surface area contributed by atoms with Crippen molar-refractivity contribution in [3.05, 3.63) is 77.1 Å². The van der Waals surface area contributed by atoms with Crippen molar-refractivity contribution < 1.29 is 0 Å². The Morgan fingerprint density at radius 3 is 2.67 bits per heavy atom. The van der Waals surface area contributed by atoms with E-state index < -0.39 is 0 Å². The van der Waals surface area contributed by atoms with Gasteiger partial charge in [-0.05, 0) is 17.7 Å². The number of anilines is 1. The van der Waals surface area contributed by atoms with Crippen LogP contribution < -0.4 is 5.32 Å². The zero-order chi connectivity index (χ0) is 16.1. The predicted molar refractivity (Wildman–Crippen MR) is 96.2 cm³/mol. The van der Waals surface area contributed by atoms with Gasteiger partial charge >= 0.3 is 0 Å². The smallest absolute Gasteiger partial charge is 0.160 e. The van der Waals surface area contributed by atoms with Gasteiger partial charge in [-0.25, -0.2) is 0 Å². The summed E-state index contributed by atoms with van der Waals surface area (Å²) in [6.07, 6.45) is 3.82. The molecule has 0 bridgehead atoms. The number of nitrogens with zero attached hydrogens (tertiary/aromatic N) is 2. The second kappa shape index (κ2) is 5.08. The molecule has 2 aromatic carbocycles. The number of rotatable bonds is 1. The van der Waals surface area contributed by atoms with Gasteiger partial charge in [0, 0.05) is 39.0 Å². The van der Waals surface area contributed by atoms with Crippen LogP contribution in [0.5, 0.6) is 0 Å². The molecule has 0 saturated heterocycles. The van der Waals surface area contributed by atoms with E-state index in [-0.39, 0.29) is 6.04 Å². The molecule has 0 amide bonds. The fourth-order valence-corrected chi connectivity index (χ4v) is 3.71. The fraction of sp³-hybridized carbons (Fsp3) is 0.0526. The molecule has 1 aliphatic rings. The van der Waals surface area contributed by atoms with E-state index in [0.717, 1.165) is 44.0 Å². The van der Waals surface area contributed by atoms with E-state index in [9.17, 15) is 0 Å². The molecule has 1 unspecified atom stereocenters. The Bertz CT molecular complexity index is 1070. The maximum absolute atomic E-state index is 6.49. The molecule has 0 fully saturated rings. The molecular formula is C19H13ClN4. The Labute approximate surface area is 143 Å². The van der Waals surface area contributed by atoms with E-state index >= 15 is 0 Å². The standard InChI is InChI=1S/C19H13ClN4/c20-15-7-3-1-6-12(15)18-14-9-21-19-17(14)13(10-22-24-19)11-5-2-4-8-16(11)23-18/h1-10,18,23H,(H,21,24). The Balaban J connectivity index is 1.87. The van der Waals surface area contributed by atoms with E-state index in [0.29, 0.717) is 0 Å². The molecule has 0 saturated carbocycles. The van der Waals surface area contributed by atoms with Crippen molar-refractivity contribution in [2.45, 2.75) is 6.04 Å². The van der Waals surface area contributed by atoms with Crippen LogP contribution in [-0.4, -0.2) is 15.2 Å². The third kappa shape index (κ3) is 1.87. The van der Waals surface area contributed by atoms with Gasteiger partial charge in [0.05, 0.1) is 12.2 Å². The summed E-state index contributed by atoms with van der Waals surface area (Å²) in [7, 11) is 0. The van der Waals surface area contributed by atoms with Crippen molar-refractivity contribution in [1.82, 2.24) is 15.2 Å². The minimum Gasteiger partial charge on any atom is -0.374 e. The van der Waals surface area contributed by atoms with Crippen LogP contribution in [-0.2, 0) is 0 Å². The fourth-order valence-electron chi connectivity index (χ4n) is 3.46. The van der Waals surface area contributed by atoms with E-state index in [4.69, 9.17) is 11.6 Å². The van der Waals surface area contributed by atoms with E-state index in [2.05, 4.69) is 38.7 Å². The zero-order valence-corrected chi connectivity index (χ0v) is 13.4. The Kier molecular flexibility index (Phi) is 2.87. The second-order valence-corrected chi connectivity index (χ2v) is 6.28. The third-order valence-electron chi connectivity index (χ3n) is 4.55. The van der Waals surface area contributed by atoms with E-state index in [1.165, 1.54) is 0 Å². The van der Waals surface area contributed by atoms with Crippen LogP contribution in [0.2, 0.25) is 5.02 Å². The SMILES string of the molecule is Clc1ccccc1C1Nc2ccccc2-c2cnnc3[nH]cc1c23. The Morgan fingerprint density at radius 2 is 1.75 bits per heavy atom. The largest absolute Gasteiger partial charge is 0.374 e. The normalized spacial score (nSPS) is 15.6. The first-order chi connectivity index (χ1) is 11.8. The lowest BCUT2D eigenvalue weighted by Gasteiger charge is -2.20. The molecule has 4 aromatic rings. The van der Waals surface area contributed by atoms with Crippen molar-refractivity contribution in [2.24, 2.45) is 0 Å². The van der Waals surface area contributed by atoms with Crippen molar-refractivity contribution in [1.29, 1.82) is 0 Å². The molecule has 5 rings (SSSR count). The molecular weight excluding hydrogens is 320 g/mol. The molecule has 1 atom stereocenters. The molecule has 0 spiro atoms. The zero-order valence-electron chi connectivity index (χ0n) is 12.6. The minimum atomic E-state index is -0.0564. The summed E-state index contributed by atoms with van der Waals surface area (Å²) in [5.74, 6) is 0. The van der Waals surface area contributed by atoms with Gasteiger partial charge in [0.2, 0.25) is 0 Å². The van der Waals surface area contributed by atoms with Crippen LogP contribution in [0.1, 0.15) is 17.2 Å². The second-order valence-electron chi connectivity index (χ2n) is 5.87. The van der Waals surface area contributed by atoms with E-state index in [1.807, 2.05) is 42.7 Å². The van der Waals surface area contributed by atoms with Crippen LogP contribution in [0.25, 0.3) is 22.2 Å². The summed E-state index contributed by atoms with van der Waals surface area (Å²) < 4.78 is 0. The lowest BCUT2D eigenvalue weighted by Crippen LogP contribution is -2.11. The number of aromatic amines is 1. The molecule has 24 heavy (non-hydrogen) atoms. The highest BCUT2D eigenvalue weighted by atomic mass is 35.5. The predicted octanol–water partition coefficient (Wildman–Crippen LogP) is 4.79. The highest BCUT2D eigenvalue weighted by Crippen LogP contribution is 2.44. The van der Waals surface area contributed by atoms with Gasteiger partial charge in [0.1, 0.15) is 0 Å². The topological polar surface area (TPSA) is 53.6 Å². The third-order valence-corrected chi connectivity index (χ3v) is 4.89. The summed E-state index contributed by atoms with van der Waals surface area (Å²) >= 11 is 6.49. The number of hydrogen-bond donors (Lipinski definition) is 2. The first-order valence-electron chi connectivity index (χ1n) is 7.76. The number of H-pyrrole nitrogens is 1. The lowest BCUT2D eigenvalue weighted by atomic mass is 9.97. The molecule has 4 nitrogen and oxygen atoms in total. The van der Waals surface area contributed by atoms with Gasteiger partial charge in [0.25, 0.3) is 0 Å². The maximum atomic E-state index is 6.49. The Hall–Kier alpha value is -2.85. The quantitative estimate of drug-likeness (QED) is 0.526. The summed E-state index contributed by atoms with van der Waals surface area (Å²) in [4.78, 5) is 3.24.